The van der Waals surface area contributed by atoms with E-state index in [0.717, 1.165) is 16.8 Å². The SMILES string of the molecule is O=C(CSC1=Nc2ccccc2C2=NC(=O)C(c3ccccc3)N12)Nc1ccc(Cl)cc1. The van der Waals surface area contributed by atoms with E-state index in [-0.39, 0.29) is 17.6 Å². The lowest BCUT2D eigenvalue weighted by Crippen LogP contribution is -2.39. The summed E-state index contributed by atoms with van der Waals surface area (Å²) in [7, 11) is 0. The number of nitrogens with one attached hydrogen (secondary N) is 1. The summed E-state index contributed by atoms with van der Waals surface area (Å²) in [6.45, 7) is 0. The first-order chi connectivity index (χ1) is 15.6. The predicted molar refractivity (Wildman–Crippen MR) is 129 cm³/mol. The fraction of sp³-hybridized carbons (Fsp3) is 0.0833. The van der Waals surface area contributed by atoms with Crippen LogP contribution < -0.4 is 5.32 Å². The van der Waals surface area contributed by atoms with Gasteiger partial charge in [-0.2, -0.15) is 4.99 Å². The Kier molecular flexibility index (Phi) is 5.51. The van der Waals surface area contributed by atoms with Gasteiger partial charge in [-0.25, -0.2) is 4.99 Å². The van der Waals surface area contributed by atoms with Gasteiger partial charge in [-0.1, -0.05) is 65.8 Å². The van der Waals surface area contributed by atoms with E-state index in [4.69, 9.17) is 16.6 Å². The van der Waals surface area contributed by atoms with Gasteiger partial charge in [0.05, 0.1) is 11.4 Å². The lowest BCUT2D eigenvalue weighted by atomic mass is 10.0. The molecule has 6 nitrogen and oxygen atoms in total. The minimum Gasteiger partial charge on any atom is -0.325 e. The summed E-state index contributed by atoms with van der Waals surface area (Å²) in [5, 5.41) is 4.02. The van der Waals surface area contributed by atoms with Crippen molar-refractivity contribution >= 4 is 57.6 Å². The van der Waals surface area contributed by atoms with E-state index < -0.39 is 6.04 Å². The monoisotopic (exact) mass is 460 g/mol. The Morgan fingerprint density at radius 3 is 2.47 bits per heavy atom. The molecule has 0 aromatic heterocycles. The van der Waals surface area contributed by atoms with Gasteiger partial charge in [0, 0.05) is 16.3 Å². The highest BCUT2D eigenvalue weighted by molar-refractivity contribution is 8.14. The average molecular weight is 461 g/mol. The normalized spacial score (nSPS) is 16.7. The molecule has 3 aromatic rings. The Bertz CT molecular complexity index is 1260. The number of nitrogens with zero attached hydrogens (tertiary/aromatic N) is 3. The quantitative estimate of drug-likeness (QED) is 0.591. The summed E-state index contributed by atoms with van der Waals surface area (Å²) in [5.41, 5.74) is 3.02. The number of amidine groups is 2. The van der Waals surface area contributed by atoms with Gasteiger partial charge in [-0.05, 0) is 42.0 Å². The van der Waals surface area contributed by atoms with Crippen molar-refractivity contribution in [3.63, 3.8) is 0 Å². The van der Waals surface area contributed by atoms with Crippen molar-refractivity contribution in [3.05, 3.63) is 95.0 Å². The highest BCUT2D eigenvalue weighted by atomic mass is 35.5. The molecular weight excluding hydrogens is 444 g/mol. The summed E-state index contributed by atoms with van der Waals surface area (Å²) in [5.74, 6) is 0.263. The molecule has 32 heavy (non-hydrogen) atoms. The summed E-state index contributed by atoms with van der Waals surface area (Å²) in [4.78, 5) is 36.4. The van der Waals surface area contributed by atoms with Crippen LogP contribution in [-0.2, 0) is 9.59 Å². The van der Waals surface area contributed by atoms with Gasteiger partial charge in [0.15, 0.2) is 5.17 Å². The van der Waals surface area contributed by atoms with Gasteiger partial charge in [0.2, 0.25) is 5.91 Å². The van der Waals surface area contributed by atoms with Gasteiger partial charge >= 0.3 is 0 Å². The molecule has 0 bridgehead atoms. The smallest absolute Gasteiger partial charge is 0.275 e. The van der Waals surface area contributed by atoms with Crippen LogP contribution in [-0.4, -0.2) is 33.5 Å². The Hall–Kier alpha value is -3.42. The molecule has 2 aliphatic heterocycles. The van der Waals surface area contributed by atoms with Gasteiger partial charge in [0.25, 0.3) is 5.91 Å². The second-order valence-corrected chi connectivity index (χ2v) is 8.59. The fourth-order valence-electron chi connectivity index (χ4n) is 3.65. The zero-order chi connectivity index (χ0) is 22.1. The van der Waals surface area contributed by atoms with Crippen LogP contribution in [0.5, 0.6) is 0 Å². The number of carbonyl (C=O) groups is 2. The molecule has 0 spiro atoms. The molecule has 0 radical (unpaired) electrons. The van der Waals surface area contributed by atoms with E-state index in [1.54, 1.807) is 24.3 Å². The highest BCUT2D eigenvalue weighted by Crippen LogP contribution is 2.39. The van der Waals surface area contributed by atoms with E-state index in [1.807, 2.05) is 59.5 Å². The van der Waals surface area contributed by atoms with Crippen LogP contribution in [0.25, 0.3) is 0 Å². The standard InChI is InChI=1S/C24H17ClN4O2S/c25-16-10-12-17(13-11-16)26-20(30)14-32-24-27-19-9-5-4-8-18(19)22-28-23(31)21(29(22)24)15-6-2-1-3-7-15/h1-13,21H,14H2,(H,26,30). The number of fused-ring (bicyclic) bond motifs is 3. The first kappa shape index (κ1) is 20.5. The van der Waals surface area contributed by atoms with Gasteiger partial charge in [-0.15, -0.1) is 0 Å². The third-order valence-corrected chi connectivity index (χ3v) is 6.28. The molecule has 0 aliphatic carbocycles. The van der Waals surface area contributed by atoms with Crippen molar-refractivity contribution in [2.75, 3.05) is 11.1 Å². The lowest BCUT2D eigenvalue weighted by Gasteiger charge is -2.31. The number of aliphatic imine (C=N–C) groups is 2. The molecule has 5 rings (SSSR count). The molecule has 1 atom stereocenters. The minimum atomic E-state index is -0.606. The van der Waals surface area contributed by atoms with Crippen molar-refractivity contribution in [2.24, 2.45) is 9.98 Å². The van der Waals surface area contributed by atoms with Gasteiger partial charge < -0.3 is 5.32 Å². The number of carbonyl (C=O) groups excluding carboxylic acids is 2. The number of benzene rings is 3. The van der Waals surface area contributed by atoms with Crippen LogP contribution in [0.3, 0.4) is 0 Å². The van der Waals surface area contributed by atoms with Crippen LogP contribution in [0.2, 0.25) is 5.02 Å². The topological polar surface area (TPSA) is 74.1 Å². The predicted octanol–water partition coefficient (Wildman–Crippen LogP) is 5.04. The van der Waals surface area contributed by atoms with Crippen molar-refractivity contribution in [1.29, 1.82) is 0 Å². The number of hydrogen-bond acceptors (Lipinski definition) is 5. The maximum Gasteiger partial charge on any atom is 0.275 e. The number of halogens is 1. The number of rotatable bonds is 4. The molecule has 1 unspecified atom stereocenters. The molecule has 0 saturated heterocycles. The molecular formula is C24H17ClN4O2S. The van der Waals surface area contributed by atoms with Crippen LogP contribution in [0.4, 0.5) is 11.4 Å². The maximum atomic E-state index is 12.9. The van der Waals surface area contributed by atoms with Crippen molar-refractivity contribution < 1.29 is 9.59 Å². The Morgan fingerprint density at radius 1 is 0.969 bits per heavy atom. The molecule has 8 heteroatoms. The number of para-hydroxylation sites is 1. The van der Waals surface area contributed by atoms with Crippen LogP contribution in [0.15, 0.2) is 88.8 Å². The molecule has 0 saturated carbocycles. The first-order valence-electron chi connectivity index (χ1n) is 9.93. The van der Waals surface area contributed by atoms with Gasteiger partial charge in [-0.3, -0.25) is 14.5 Å². The van der Waals surface area contributed by atoms with Crippen LogP contribution >= 0.6 is 23.4 Å². The average Bonchev–Trinajstić information content (AvgIpc) is 3.17. The summed E-state index contributed by atoms with van der Waals surface area (Å²) < 4.78 is 0. The first-order valence-corrected chi connectivity index (χ1v) is 11.3. The van der Waals surface area contributed by atoms with E-state index >= 15 is 0 Å². The molecule has 0 fully saturated rings. The zero-order valence-corrected chi connectivity index (χ0v) is 18.3. The number of amides is 2. The maximum absolute atomic E-state index is 12.9. The molecule has 3 aromatic carbocycles. The molecule has 2 heterocycles. The van der Waals surface area contributed by atoms with E-state index in [0.29, 0.717) is 21.7 Å². The summed E-state index contributed by atoms with van der Waals surface area (Å²) >= 11 is 7.18. The summed E-state index contributed by atoms with van der Waals surface area (Å²) in [6, 6.07) is 23.4. The molecule has 1 N–H and O–H groups in total. The minimum absolute atomic E-state index is 0.128. The Labute approximate surface area is 194 Å². The van der Waals surface area contributed by atoms with E-state index in [1.165, 1.54) is 11.8 Å². The van der Waals surface area contributed by atoms with Crippen LogP contribution in [0, 0.1) is 0 Å². The third kappa shape index (κ3) is 3.92. The van der Waals surface area contributed by atoms with Crippen molar-refractivity contribution in [2.45, 2.75) is 6.04 Å². The Balaban J connectivity index is 1.42. The number of thioether (sulfide) groups is 1. The second kappa shape index (κ2) is 8.61. The third-order valence-electron chi connectivity index (χ3n) is 5.08. The lowest BCUT2D eigenvalue weighted by molar-refractivity contribution is -0.119. The Morgan fingerprint density at radius 2 is 1.69 bits per heavy atom. The number of anilines is 1. The number of hydrogen-bond donors (Lipinski definition) is 1. The largest absolute Gasteiger partial charge is 0.325 e. The molecule has 2 amide bonds. The van der Waals surface area contributed by atoms with Crippen LogP contribution in [0.1, 0.15) is 17.2 Å². The zero-order valence-electron chi connectivity index (χ0n) is 16.7. The summed E-state index contributed by atoms with van der Waals surface area (Å²) in [6.07, 6.45) is 0. The highest BCUT2D eigenvalue weighted by Gasteiger charge is 2.42. The van der Waals surface area contributed by atoms with E-state index in [9.17, 15) is 9.59 Å². The van der Waals surface area contributed by atoms with Gasteiger partial charge in [0.1, 0.15) is 11.9 Å². The fourth-order valence-corrected chi connectivity index (χ4v) is 4.60. The van der Waals surface area contributed by atoms with Crippen molar-refractivity contribution in [3.8, 4) is 0 Å². The van der Waals surface area contributed by atoms with E-state index in [2.05, 4.69) is 10.3 Å². The molecule has 2 aliphatic rings. The second-order valence-electron chi connectivity index (χ2n) is 7.21. The van der Waals surface area contributed by atoms with Crippen molar-refractivity contribution in [1.82, 2.24) is 4.90 Å². The molecule has 158 valence electrons.